The van der Waals surface area contributed by atoms with Crippen LogP contribution in [0.5, 0.6) is 0 Å². The molecule has 0 unspecified atom stereocenters. The average molecular weight is 309 g/mol. The summed E-state index contributed by atoms with van der Waals surface area (Å²) in [6.07, 6.45) is 1.79. The van der Waals surface area contributed by atoms with Crippen LogP contribution in [0.2, 0.25) is 0 Å². The molecule has 0 aliphatic heterocycles. The fraction of sp³-hybridized carbons (Fsp3) is 0.375. The Morgan fingerprint density at radius 3 is 2.69 bits per heavy atom. The Morgan fingerprint density at radius 2 is 2.15 bits per heavy atom. The molecule has 0 saturated heterocycles. The predicted octanol–water partition coefficient (Wildman–Crippen LogP) is 2.17. The van der Waals surface area contributed by atoms with E-state index in [0.717, 1.165) is 21.2 Å². The summed E-state index contributed by atoms with van der Waals surface area (Å²) in [6, 6.07) is 1.99. The van der Waals surface area contributed by atoms with E-state index in [-0.39, 0.29) is 0 Å². The van der Waals surface area contributed by atoms with E-state index >= 15 is 0 Å². The second kappa shape index (κ2) is 5.05. The largest absolute Gasteiger partial charge is 0.258 e. The number of pyridine rings is 1. The molecule has 1 aromatic rings. The van der Waals surface area contributed by atoms with E-state index in [1.165, 1.54) is 0 Å². The van der Waals surface area contributed by atoms with Crippen molar-refractivity contribution in [3.8, 4) is 0 Å². The zero-order valence-electron chi connectivity index (χ0n) is 7.51. The summed E-state index contributed by atoms with van der Waals surface area (Å²) in [5.41, 5.74) is 4.14. The van der Waals surface area contributed by atoms with Gasteiger partial charge in [-0.2, -0.15) is 0 Å². The van der Waals surface area contributed by atoms with E-state index in [4.69, 9.17) is 0 Å². The lowest BCUT2D eigenvalue weighted by molar-refractivity contribution is 0.284. The van der Waals surface area contributed by atoms with Gasteiger partial charge in [-0.15, -0.1) is 0 Å². The normalized spacial score (nSPS) is 10.8. The quantitative estimate of drug-likeness (QED) is 0.868. The summed E-state index contributed by atoms with van der Waals surface area (Å²) in [5, 5.41) is 1.90. The van der Waals surface area contributed by atoms with Crippen molar-refractivity contribution in [2.24, 2.45) is 0 Å². The van der Waals surface area contributed by atoms with Gasteiger partial charge in [0, 0.05) is 29.2 Å². The van der Waals surface area contributed by atoms with E-state index < -0.39 is 0 Å². The van der Waals surface area contributed by atoms with Crippen molar-refractivity contribution < 1.29 is 0 Å². The Bertz CT molecular complexity index is 289. The van der Waals surface area contributed by atoms with Crippen LogP contribution in [0.15, 0.2) is 21.2 Å². The highest BCUT2D eigenvalue weighted by Gasteiger charge is 2.01. The van der Waals surface area contributed by atoms with Crippen molar-refractivity contribution >= 4 is 31.9 Å². The van der Waals surface area contributed by atoms with Crippen LogP contribution >= 0.6 is 31.9 Å². The van der Waals surface area contributed by atoms with Gasteiger partial charge < -0.3 is 0 Å². The van der Waals surface area contributed by atoms with Gasteiger partial charge in [0.05, 0.1) is 12.2 Å². The molecule has 5 heteroatoms. The van der Waals surface area contributed by atoms with E-state index in [2.05, 4.69) is 42.3 Å². The third-order valence-corrected chi connectivity index (χ3v) is 2.57. The highest BCUT2D eigenvalue weighted by Crippen LogP contribution is 2.19. The Kier molecular flexibility index (Phi) is 4.31. The molecule has 0 bridgehead atoms. The molecule has 0 spiro atoms. The topological polar surface area (TPSA) is 28.2 Å². The summed E-state index contributed by atoms with van der Waals surface area (Å²) < 4.78 is 1.99. The van der Waals surface area contributed by atoms with Gasteiger partial charge in [-0.3, -0.25) is 9.99 Å². The monoisotopic (exact) mass is 307 g/mol. The number of aromatic nitrogens is 1. The first-order chi connectivity index (χ1) is 6.09. The highest BCUT2D eigenvalue weighted by atomic mass is 79.9. The molecular weight excluding hydrogens is 298 g/mol. The van der Waals surface area contributed by atoms with Gasteiger partial charge in [0.25, 0.3) is 0 Å². The maximum absolute atomic E-state index is 4.27. The Hall–Kier alpha value is 0.0300. The molecule has 0 atom stereocenters. The lowest BCUT2D eigenvalue weighted by Crippen LogP contribution is -2.30. The smallest absolute Gasteiger partial charge is 0.0698 e. The van der Waals surface area contributed by atoms with Crippen LogP contribution in [0.3, 0.4) is 0 Å². The van der Waals surface area contributed by atoms with Crippen LogP contribution in [0.4, 0.5) is 0 Å². The second-order valence-corrected chi connectivity index (χ2v) is 4.58. The van der Waals surface area contributed by atoms with Gasteiger partial charge in [-0.1, -0.05) is 0 Å². The fourth-order valence-electron chi connectivity index (χ4n) is 0.806. The third-order valence-electron chi connectivity index (χ3n) is 1.45. The Balaban J connectivity index is 2.67. The molecule has 1 aromatic heterocycles. The van der Waals surface area contributed by atoms with Gasteiger partial charge in [0.1, 0.15) is 0 Å². The number of hydrogen-bond donors (Lipinski definition) is 1. The number of hydrogen-bond acceptors (Lipinski definition) is 3. The number of rotatable bonds is 3. The minimum Gasteiger partial charge on any atom is -0.258 e. The molecule has 1 N–H and O–H groups in total. The molecule has 0 aromatic carbocycles. The Morgan fingerprint density at radius 1 is 1.46 bits per heavy atom. The van der Waals surface area contributed by atoms with Crippen LogP contribution in [0, 0.1) is 0 Å². The second-order valence-electron chi connectivity index (χ2n) is 2.81. The summed E-state index contributed by atoms with van der Waals surface area (Å²) in [5.74, 6) is 0. The first kappa shape index (κ1) is 11.1. The van der Waals surface area contributed by atoms with Crippen molar-refractivity contribution in [2.75, 3.05) is 14.1 Å². The minimum atomic E-state index is 0.723. The van der Waals surface area contributed by atoms with Crippen LogP contribution in [0.1, 0.15) is 5.69 Å². The summed E-state index contributed by atoms with van der Waals surface area (Å²) >= 11 is 6.80. The zero-order chi connectivity index (χ0) is 9.84. The van der Waals surface area contributed by atoms with Gasteiger partial charge in [-0.25, -0.2) is 5.43 Å². The number of hydrazine groups is 1. The van der Waals surface area contributed by atoms with Gasteiger partial charge >= 0.3 is 0 Å². The van der Waals surface area contributed by atoms with Crippen molar-refractivity contribution in [1.82, 2.24) is 15.4 Å². The first-order valence-corrected chi connectivity index (χ1v) is 5.39. The van der Waals surface area contributed by atoms with Crippen LogP contribution in [-0.2, 0) is 6.54 Å². The molecule has 72 valence electrons. The van der Waals surface area contributed by atoms with Crippen molar-refractivity contribution in [3.05, 3.63) is 26.9 Å². The highest BCUT2D eigenvalue weighted by molar-refractivity contribution is 9.11. The molecule has 3 nitrogen and oxygen atoms in total. The summed E-state index contributed by atoms with van der Waals surface area (Å²) in [7, 11) is 3.90. The standard InChI is InChI=1S/C8H11Br2N3/c1-13(2)12-5-8-7(10)3-6(9)4-11-8/h3-4,12H,5H2,1-2H3. The third kappa shape index (κ3) is 3.72. The van der Waals surface area contributed by atoms with E-state index in [0.29, 0.717) is 0 Å². The van der Waals surface area contributed by atoms with Crippen molar-refractivity contribution in [2.45, 2.75) is 6.54 Å². The molecule has 0 saturated carbocycles. The predicted molar refractivity (Wildman–Crippen MR) is 60.2 cm³/mol. The lowest BCUT2D eigenvalue weighted by atomic mass is 10.3. The molecule has 0 amide bonds. The maximum Gasteiger partial charge on any atom is 0.0698 e. The number of nitrogens with zero attached hydrogens (tertiary/aromatic N) is 2. The van der Waals surface area contributed by atoms with Crippen molar-refractivity contribution in [1.29, 1.82) is 0 Å². The van der Waals surface area contributed by atoms with Crippen LogP contribution in [0.25, 0.3) is 0 Å². The zero-order valence-corrected chi connectivity index (χ0v) is 10.7. The number of halogens is 2. The maximum atomic E-state index is 4.27. The lowest BCUT2D eigenvalue weighted by Gasteiger charge is -2.12. The average Bonchev–Trinajstić information content (AvgIpc) is 2.02. The summed E-state index contributed by atoms with van der Waals surface area (Å²) in [4.78, 5) is 4.27. The summed E-state index contributed by atoms with van der Waals surface area (Å²) in [6.45, 7) is 0.723. The van der Waals surface area contributed by atoms with E-state index in [1.54, 1.807) is 6.20 Å². The SMILES string of the molecule is CN(C)NCc1ncc(Br)cc1Br. The fourth-order valence-corrected chi connectivity index (χ4v) is 1.93. The molecule has 0 aliphatic rings. The molecule has 1 heterocycles. The molecule has 0 radical (unpaired) electrons. The first-order valence-electron chi connectivity index (χ1n) is 3.80. The molecule has 0 aliphatic carbocycles. The Labute approximate surface area is 94.8 Å². The molecule has 13 heavy (non-hydrogen) atoms. The minimum absolute atomic E-state index is 0.723. The van der Waals surface area contributed by atoms with Crippen LogP contribution in [-0.4, -0.2) is 24.1 Å². The van der Waals surface area contributed by atoms with Gasteiger partial charge in [0.2, 0.25) is 0 Å². The molecule has 1 rings (SSSR count). The van der Waals surface area contributed by atoms with E-state index in [9.17, 15) is 0 Å². The van der Waals surface area contributed by atoms with Gasteiger partial charge in [0.15, 0.2) is 0 Å². The van der Waals surface area contributed by atoms with Gasteiger partial charge in [-0.05, 0) is 37.9 Å². The number of nitrogens with one attached hydrogen (secondary N) is 1. The molecular formula is C8H11Br2N3. The van der Waals surface area contributed by atoms with E-state index in [1.807, 2.05) is 25.2 Å². The molecule has 0 fully saturated rings. The van der Waals surface area contributed by atoms with Crippen molar-refractivity contribution in [3.63, 3.8) is 0 Å². The van der Waals surface area contributed by atoms with Crippen LogP contribution < -0.4 is 5.43 Å².